The Hall–Kier alpha value is -4.19. The first kappa shape index (κ1) is 31.2. The van der Waals surface area contributed by atoms with Crippen LogP contribution in [0.5, 0.6) is 0 Å². The van der Waals surface area contributed by atoms with E-state index < -0.39 is 14.1 Å². The van der Waals surface area contributed by atoms with Gasteiger partial charge in [0.05, 0.1) is 24.7 Å². The lowest BCUT2D eigenvalue weighted by Crippen LogP contribution is -2.74. The van der Waals surface area contributed by atoms with Crippen LogP contribution in [0.15, 0.2) is 170 Å². The topological polar surface area (TPSA) is 0 Å². The second-order valence-corrected chi connectivity index (χ2v) is 14.4. The third-order valence-corrected chi connectivity index (χ3v) is 11.7. The van der Waals surface area contributed by atoms with E-state index >= 15 is 0 Å². The van der Waals surface area contributed by atoms with Gasteiger partial charge in [0, 0.05) is 0 Å². The Morgan fingerprint density at radius 1 is 0.409 bits per heavy atom. The number of hydrogen-bond acceptors (Lipinski definition) is 0. The summed E-state index contributed by atoms with van der Waals surface area (Å²) in [7, 11) is -0.595. The van der Waals surface area contributed by atoms with Crippen LogP contribution in [0.3, 0.4) is 0 Å². The molecule has 0 spiro atoms. The molecular formula is C42H44BP. The lowest BCUT2D eigenvalue weighted by molar-refractivity contribution is 0.893. The largest absolute Gasteiger partial charge is 0.195 e. The Labute approximate surface area is 266 Å². The first-order valence-corrected chi connectivity index (χ1v) is 17.7. The summed E-state index contributed by atoms with van der Waals surface area (Å²) in [5.74, 6) is 0. The first-order chi connectivity index (χ1) is 21.6. The van der Waals surface area contributed by atoms with Crippen LogP contribution in [0, 0.1) is 13.8 Å². The van der Waals surface area contributed by atoms with Crippen molar-refractivity contribution in [3.8, 4) is 0 Å². The molecule has 0 saturated carbocycles. The van der Waals surface area contributed by atoms with Gasteiger partial charge in [0.15, 0.2) is 0 Å². The predicted octanol–water partition coefficient (Wildman–Crippen LogP) is 7.33. The van der Waals surface area contributed by atoms with Gasteiger partial charge in [-0.05, 0) is 44.5 Å². The van der Waals surface area contributed by atoms with Gasteiger partial charge >= 0.3 is 0 Å². The zero-order valence-corrected chi connectivity index (χ0v) is 27.4. The molecular weight excluding hydrogens is 546 g/mol. The van der Waals surface area contributed by atoms with Crippen molar-refractivity contribution in [2.75, 3.05) is 6.16 Å². The van der Waals surface area contributed by atoms with E-state index in [0.29, 0.717) is 0 Å². The molecule has 0 aliphatic rings. The average molecular weight is 591 g/mol. The zero-order valence-electron chi connectivity index (χ0n) is 26.4. The molecule has 0 radical (unpaired) electrons. The molecule has 0 saturated heterocycles. The Morgan fingerprint density at radius 3 is 0.977 bits per heavy atom. The minimum Gasteiger partial charge on any atom is -0.195 e. The summed E-state index contributed by atoms with van der Waals surface area (Å²) in [5, 5.41) is 3.10. The van der Waals surface area contributed by atoms with E-state index in [-0.39, 0.29) is 0 Å². The summed E-state index contributed by atoms with van der Waals surface area (Å²) >= 11 is 0. The van der Waals surface area contributed by atoms with Crippen molar-refractivity contribution in [3.63, 3.8) is 0 Å². The standard InChI is InChI=1S/C24H20B.C18H23P/c1-5-13-21(14-6-1)25(22-15-7-2-8-16-22,23-17-9-3-10-18-23)24-19-11-4-12-20-24;1-4-5-14-19(17-10-6-15(2)7-11-17)18-12-8-16(3)9-13-18/h1-20H;6-13H,4-5,14H2,1-3H3/q-1;/p+1. The number of rotatable bonds is 9. The number of hydrogen-bond donors (Lipinski definition) is 0. The fraction of sp³-hybridized carbons (Fsp3) is 0.143. The maximum absolute atomic E-state index is 2.33. The van der Waals surface area contributed by atoms with Crippen LogP contribution in [-0.4, -0.2) is 12.3 Å². The van der Waals surface area contributed by atoms with Crippen LogP contribution in [-0.2, 0) is 0 Å². The van der Waals surface area contributed by atoms with Crippen LogP contribution < -0.4 is 32.5 Å². The fourth-order valence-electron chi connectivity index (χ4n) is 6.44. The highest BCUT2D eigenvalue weighted by Gasteiger charge is 2.31. The van der Waals surface area contributed by atoms with Crippen molar-refractivity contribution in [2.24, 2.45) is 0 Å². The van der Waals surface area contributed by atoms with Crippen LogP contribution in [0.2, 0.25) is 0 Å². The summed E-state index contributed by atoms with van der Waals surface area (Å²) in [6, 6.07) is 61.9. The summed E-state index contributed by atoms with van der Waals surface area (Å²) in [6.07, 6.45) is 2.74. The van der Waals surface area contributed by atoms with Crippen LogP contribution in [0.4, 0.5) is 0 Å². The molecule has 0 amide bonds. The molecule has 44 heavy (non-hydrogen) atoms. The molecule has 0 fully saturated rings. The molecule has 0 heterocycles. The van der Waals surface area contributed by atoms with Crippen molar-refractivity contribution in [1.82, 2.24) is 0 Å². The van der Waals surface area contributed by atoms with Gasteiger partial charge in [-0.1, -0.05) is 170 Å². The molecule has 2 heteroatoms. The highest BCUT2D eigenvalue weighted by molar-refractivity contribution is 7.73. The molecule has 0 nitrogen and oxygen atoms in total. The lowest BCUT2D eigenvalue weighted by atomic mass is 9.13. The Kier molecular flexibility index (Phi) is 11.0. The quantitative estimate of drug-likeness (QED) is 0.122. The van der Waals surface area contributed by atoms with Gasteiger partial charge in [0.2, 0.25) is 0 Å². The van der Waals surface area contributed by atoms with Crippen molar-refractivity contribution >= 4 is 46.5 Å². The summed E-state index contributed by atoms with van der Waals surface area (Å²) < 4.78 is 0. The maximum Gasteiger partial charge on any atom is 0.108 e. The smallest absolute Gasteiger partial charge is 0.108 e. The van der Waals surface area contributed by atoms with E-state index in [1.54, 1.807) is 10.6 Å². The summed E-state index contributed by atoms with van der Waals surface area (Å²) in [4.78, 5) is 0. The molecule has 0 aliphatic carbocycles. The van der Waals surface area contributed by atoms with E-state index in [2.05, 4.69) is 191 Å². The van der Waals surface area contributed by atoms with Crippen LogP contribution in [0.25, 0.3) is 0 Å². The van der Waals surface area contributed by atoms with Gasteiger partial charge in [-0.2, -0.15) is 21.9 Å². The van der Waals surface area contributed by atoms with Crippen molar-refractivity contribution in [3.05, 3.63) is 181 Å². The van der Waals surface area contributed by atoms with Crippen molar-refractivity contribution < 1.29 is 0 Å². The van der Waals surface area contributed by atoms with E-state index in [0.717, 1.165) is 0 Å². The molecule has 0 N–H and O–H groups in total. The van der Waals surface area contributed by atoms with E-state index in [9.17, 15) is 0 Å². The number of unbranched alkanes of at least 4 members (excludes halogenated alkanes) is 1. The van der Waals surface area contributed by atoms with Gasteiger partial charge in [-0.15, -0.1) is 0 Å². The molecule has 0 unspecified atom stereocenters. The van der Waals surface area contributed by atoms with Crippen LogP contribution in [0.1, 0.15) is 30.9 Å². The van der Waals surface area contributed by atoms with E-state index in [4.69, 9.17) is 0 Å². The molecule has 6 aromatic carbocycles. The Bertz CT molecular complexity index is 1460. The van der Waals surface area contributed by atoms with Crippen molar-refractivity contribution in [2.45, 2.75) is 33.6 Å². The molecule has 6 rings (SSSR count). The predicted molar refractivity (Wildman–Crippen MR) is 200 cm³/mol. The summed E-state index contributed by atoms with van der Waals surface area (Å²) in [5.41, 5.74) is 8.06. The second-order valence-electron chi connectivity index (χ2n) is 11.8. The summed E-state index contributed by atoms with van der Waals surface area (Å²) in [6.45, 7) is 6.60. The molecule has 0 aromatic heterocycles. The maximum atomic E-state index is 2.33. The molecule has 220 valence electrons. The molecule has 0 atom stereocenters. The first-order valence-electron chi connectivity index (χ1n) is 16.0. The number of aryl methyl sites for hydroxylation is 2. The van der Waals surface area contributed by atoms with Gasteiger partial charge in [-0.25, -0.2) is 0 Å². The highest BCUT2D eigenvalue weighted by Crippen LogP contribution is 2.34. The van der Waals surface area contributed by atoms with Gasteiger partial charge < -0.3 is 0 Å². The monoisotopic (exact) mass is 590 g/mol. The highest BCUT2D eigenvalue weighted by atomic mass is 31.1. The SMILES string of the molecule is CCCC[PH+](c1ccc(C)cc1)c1ccc(C)cc1.c1ccc([B-](c2ccccc2)(c2ccccc2)c2ccccc2)cc1. The third-order valence-electron chi connectivity index (χ3n) is 8.78. The molecule has 0 aliphatic heterocycles. The minimum atomic E-state index is -1.22. The second kappa shape index (κ2) is 15.5. The van der Waals surface area contributed by atoms with Gasteiger partial charge in [0.1, 0.15) is 6.15 Å². The van der Waals surface area contributed by atoms with E-state index in [1.165, 1.54) is 52.0 Å². The van der Waals surface area contributed by atoms with Crippen LogP contribution >= 0.6 is 7.92 Å². The number of benzene rings is 6. The van der Waals surface area contributed by atoms with E-state index in [1.807, 2.05) is 0 Å². The normalized spacial score (nSPS) is 11.1. The zero-order chi connectivity index (χ0) is 30.6. The third kappa shape index (κ3) is 7.30. The van der Waals surface area contributed by atoms with Gasteiger partial charge in [0.25, 0.3) is 0 Å². The lowest BCUT2D eigenvalue weighted by Gasteiger charge is -2.44. The molecule has 0 bridgehead atoms. The molecule has 6 aromatic rings. The Morgan fingerprint density at radius 2 is 0.705 bits per heavy atom. The van der Waals surface area contributed by atoms with Gasteiger partial charge in [-0.3, -0.25) is 0 Å². The Balaban J connectivity index is 0.000000182. The average Bonchev–Trinajstić information content (AvgIpc) is 3.09. The minimum absolute atomic E-state index is 0.595. The fourth-order valence-corrected chi connectivity index (χ4v) is 9.20. The van der Waals surface area contributed by atoms with Crippen molar-refractivity contribution in [1.29, 1.82) is 0 Å².